The summed E-state index contributed by atoms with van der Waals surface area (Å²) in [7, 11) is 0. The summed E-state index contributed by atoms with van der Waals surface area (Å²) in [6, 6.07) is 5.10. The number of carbonyl (C=O) groups excluding carboxylic acids is 1. The van der Waals surface area contributed by atoms with Crippen molar-refractivity contribution in [2.75, 3.05) is 6.61 Å². The van der Waals surface area contributed by atoms with E-state index >= 15 is 0 Å². The van der Waals surface area contributed by atoms with E-state index < -0.39 is 12.0 Å². The van der Waals surface area contributed by atoms with Crippen LogP contribution in [0.1, 0.15) is 45.1 Å². The molecule has 0 bridgehead atoms. The molecule has 132 valence electrons. The highest BCUT2D eigenvalue weighted by Crippen LogP contribution is 2.47. The number of benzene rings is 1. The fourth-order valence-corrected chi connectivity index (χ4v) is 2.58. The predicted octanol–water partition coefficient (Wildman–Crippen LogP) is 2.70. The third-order valence-corrected chi connectivity index (χ3v) is 3.98. The number of hydrogen-bond acceptors (Lipinski definition) is 3. The number of rotatable bonds is 7. The molecule has 0 heterocycles. The summed E-state index contributed by atoms with van der Waals surface area (Å²) < 4.78 is 18.5. The molecule has 1 aliphatic carbocycles. The molecule has 3 unspecified atom stereocenters. The van der Waals surface area contributed by atoms with E-state index in [0.717, 1.165) is 5.56 Å². The fraction of sp³-hybridized carbons (Fsp3) is 0.556. The number of carboxylic acid groups (broad SMARTS) is 1. The first-order valence-electron chi connectivity index (χ1n) is 8.10. The zero-order valence-electron chi connectivity index (χ0n) is 14.2. The van der Waals surface area contributed by atoms with Crippen molar-refractivity contribution in [1.82, 2.24) is 5.32 Å². The summed E-state index contributed by atoms with van der Waals surface area (Å²) >= 11 is 0. The van der Waals surface area contributed by atoms with Crippen molar-refractivity contribution in [3.05, 3.63) is 35.6 Å². The lowest BCUT2D eigenvalue weighted by molar-refractivity contribution is -0.143. The summed E-state index contributed by atoms with van der Waals surface area (Å²) in [6.07, 6.45) is 0.870. The number of hydrogen-bond donors (Lipinski definition) is 2. The number of ether oxygens (including phenoxy) is 1. The molecule has 1 aliphatic rings. The molecular weight excluding hydrogens is 313 g/mol. The maximum Gasteiger partial charge on any atom is 0.326 e. The van der Waals surface area contributed by atoms with E-state index in [1.54, 1.807) is 12.1 Å². The minimum Gasteiger partial charge on any atom is -0.480 e. The highest BCUT2D eigenvalue weighted by Gasteiger charge is 2.44. The summed E-state index contributed by atoms with van der Waals surface area (Å²) in [5, 5.41) is 11.8. The van der Waals surface area contributed by atoms with Crippen molar-refractivity contribution in [3.8, 4) is 0 Å². The van der Waals surface area contributed by atoms with Crippen LogP contribution in [0.3, 0.4) is 0 Å². The normalized spacial score (nSPS) is 21.2. The van der Waals surface area contributed by atoms with Gasteiger partial charge in [-0.15, -0.1) is 0 Å². The standard InChI is InChI=1S/C18H24FNO4/c1-18(2,3)24-9-8-15(17(22)23)20-16(21)14-10-13(14)11-4-6-12(19)7-5-11/h4-7,13-15H,8-10H2,1-3H3,(H,20,21)(H,22,23). The van der Waals surface area contributed by atoms with Gasteiger partial charge in [0, 0.05) is 18.9 Å². The molecular formula is C18H24FNO4. The average Bonchev–Trinajstić information content (AvgIpc) is 3.26. The van der Waals surface area contributed by atoms with E-state index in [-0.39, 0.29) is 42.2 Å². The van der Waals surface area contributed by atoms with Crippen LogP contribution in [0.5, 0.6) is 0 Å². The van der Waals surface area contributed by atoms with Gasteiger partial charge in [0.1, 0.15) is 11.9 Å². The molecule has 1 fully saturated rings. The van der Waals surface area contributed by atoms with E-state index in [1.807, 2.05) is 20.8 Å². The predicted molar refractivity (Wildman–Crippen MR) is 87.1 cm³/mol. The molecule has 1 saturated carbocycles. The van der Waals surface area contributed by atoms with E-state index in [9.17, 15) is 19.1 Å². The minimum atomic E-state index is -1.07. The highest BCUT2D eigenvalue weighted by atomic mass is 19.1. The first-order valence-corrected chi connectivity index (χ1v) is 8.10. The molecule has 1 aromatic carbocycles. The molecule has 0 saturated heterocycles. The third kappa shape index (κ3) is 5.30. The second-order valence-corrected chi connectivity index (χ2v) is 7.15. The number of nitrogens with one attached hydrogen (secondary N) is 1. The third-order valence-electron chi connectivity index (χ3n) is 3.98. The lowest BCUT2D eigenvalue weighted by Crippen LogP contribution is -2.42. The topological polar surface area (TPSA) is 75.6 Å². The molecule has 0 aliphatic heterocycles. The fourth-order valence-electron chi connectivity index (χ4n) is 2.58. The summed E-state index contributed by atoms with van der Waals surface area (Å²) in [4.78, 5) is 23.6. The van der Waals surface area contributed by atoms with Gasteiger partial charge in [0.2, 0.25) is 5.91 Å². The minimum absolute atomic E-state index is 0.0332. The Morgan fingerprint density at radius 2 is 1.96 bits per heavy atom. The second-order valence-electron chi connectivity index (χ2n) is 7.15. The maximum absolute atomic E-state index is 12.9. The van der Waals surface area contributed by atoms with Crippen LogP contribution in [0, 0.1) is 11.7 Å². The molecule has 5 nitrogen and oxygen atoms in total. The zero-order chi connectivity index (χ0) is 17.9. The quantitative estimate of drug-likeness (QED) is 0.802. The van der Waals surface area contributed by atoms with Gasteiger partial charge in [-0.2, -0.15) is 0 Å². The molecule has 0 radical (unpaired) electrons. The van der Waals surface area contributed by atoms with Gasteiger partial charge in [0.05, 0.1) is 5.60 Å². The SMILES string of the molecule is CC(C)(C)OCCC(NC(=O)C1CC1c1ccc(F)cc1)C(=O)O. The van der Waals surface area contributed by atoms with Gasteiger partial charge < -0.3 is 15.2 Å². The Labute approximate surface area is 141 Å². The van der Waals surface area contributed by atoms with Crippen LogP contribution >= 0.6 is 0 Å². The van der Waals surface area contributed by atoms with Crippen LogP contribution in [0.25, 0.3) is 0 Å². The molecule has 1 aromatic rings. The lowest BCUT2D eigenvalue weighted by atomic mass is 10.1. The number of aliphatic carboxylic acids is 1. The monoisotopic (exact) mass is 337 g/mol. The van der Waals surface area contributed by atoms with E-state index in [0.29, 0.717) is 6.42 Å². The Kier molecular flexibility index (Phi) is 5.59. The Morgan fingerprint density at radius 3 is 2.50 bits per heavy atom. The Bertz CT molecular complexity index is 594. The lowest BCUT2D eigenvalue weighted by Gasteiger charge is -2.21. The zero-order valence-corrected chi connectivity index (χ0v) is 14.2. The van der Waals surface area contributed by atoms with E-state index in [2.05, 4.69) is 5.32 Å². The van der Waals surface area contributed by atoms with Crippen molar-refractivity contribution in [1.29, 1.82) is 0 Å². The molecule has 24 heavy (non-hydrogen) atoms. The first kappa shape index (κ1) is 18.4. The Balaban J connectivity index is 1.85. The number of amides is 1. The molecule has 3 atom stereocenters. The second kappa shape index (κ2) is 7.30. The van der Waals surface area contributed by atoms with Gasteiger partial charge in [-0.05, 0) is 50.8 Å². The summed E-state index contributed by atoms with van der Waals surface area (Å²) in [6.45, 7) is 5.92. The van der Waals surface area contributed by atoms with Crippen LogP contribution in [0.15, 0.2) is 24.3 Å². The highest BCUT2D eigenvalue weighted by molar-refractivity contribution is 5.87. The van der Waals surface area contributed by atoms with Gasteiger partial charge in [-0.1, -0.05) is 12.1 Å². The van der Waals surface area contributed by atoms with Gasteiger partial charge >= 0.3 is 5.97 Å². The molecule has 1 amide bonds. The molecule has 2 rings (SSSR count). The maximum atomic E-state index is 12.9. The summed E-state index contributed by atoms with van der Waals surface area (Å²) in [5.41, 5.74) is 0.552. The van der Waals surface area contributed by atoms with Gasteiger partial charge in [0.25, 0.3) is 0 Å². The average molecular weight is 337 g/mol. The molecule has 2 N–H and O–H groups in total. The molecule has 0 aromatic heterocycles. The number of halogens is 1. The largest absolute Gasteiger partial charge is 0.480 e. The van der Waals surface area contributed by atoms with Crippen LogP contribution in [0.2, 0.25) is 0 Å². The van der Waals surface area contributed by atoms with Crippen molar-refractivity contribution in [2.45, 2.75) is 51.2 Å². The first-order chi connectivity index (χ1) is 11.2. The van der Waals surface area contributed by atoms with Crippen LogP contribution in [-0.2, 0) is 14.3 Å². The summed E-state index contributed by atoms with van der Waals surface area (Å²) in [5.74, 6) is -1.87. The van der Waals surface area contributed by atoms with E-state index in [1.165, 1.54) is 12.1 Å². The van der Waals surface area contributed by atoms with Crippen LogP contribution in [-0.4, -0.2) is 35.2 Å². The van der Waals surface area contributed by atoms with Crippen molar-refractivity contribution >= 4 is 11.9 Å². The molecule has 0 spiro atoms. The van der Waals surface area contributed by atoms with Crippen LogP contribution < -0.4 is 5.32 Å². The van der Waals surface area contributed by atoms with Gasteiger partial charge in [0.15, 0.2) is 0 Å². The van der Waals surface area contributed by atoms with E-state index in [4.69, 9.17) is 4.74 Å². The van der Waals surface area contributed by atoms with Crippen molar-refractivity contribution in [3.63, 3.8) is 0 Å². The Morgan fingerprint density at radius 1 is 1.33 bits per heavy atom. The van der Waals surface area contributed by atoms with Gasteiger partial charge in [-0.25, -0.2) is 9.18 Å². The smallest absolute Gasteiger partial charge is 0.326 e. The van der Waals surface area contributed by atoms with Crippen LogP contribution in [0.4, 0.5) is 4.39 Å². The molecule has 6 heteroatoms. The van der Waals surface area contributed by atoms with Crippen molar-refractivity contribution in [2.24, 2.45) is 5.92 Å². The number of carbonyl (C=O) groups is 2. The number of carboxylic acids is 1. The van der Waals surface area contributed by atoms with Crippen molar-refractivity contribution < 1.29 is 23.8 Å². The Hall–Kier alpha value is -1.95. The van der Waals surface area contributed by atoms with Gasteiger partial charge in [-0.3, -0.25) is 4.79 Å².